The molecule has 0 unspecified atom stereocenters. The second-order valence-corrected chi connectivity index (χ2v) is 5.08. The van der Waals surface area contributed by atoms with Crippen LogP contribution in [0.15, 0.2) is 46.9 Å². The van der Waals surface area contributed by atoms with Crippen LogP contribution in [-0.2, 0) is 0 Å². The van der Waals surface area contributed by atoms with Crippen molar-refractivity contribution in [3.63, 3.8) is 0 Å². The molecule has 0 saturated carbocycles. The summed E-state index contributed by atoms with van der Waals surface area (Å²) in [5, 5.41) is 5.79. The largest absolute Gasteiger partial charge is 0.350 e. The van der Waals surface area contributed by atoms with Crippen molar-refractivity contribution >= 4 is 33.7 Å². The Labute approximate surface area is 117 Å². The van der Waals surface area contributed by atoms with Gasteiger partial charge in [0.05, 0.1) is 16.4 Å². The maximum atomic E-state index is 12.7. The van der Waals surface area contributed by atoms with Gasteiger partial charge in [0, 0.05) is 0 Å². The van der Waals surface area contributed by atoms with Crippen molar-refractivity contribution in [2.75, 3.05) is 0 Å². The first-order chi connectivity index (χ1) is 9.72. The van der Waals surface area contributed by atoms with Gasteiger partial charge in [0.2, 0.25) is 0 Å². The molecule has 0 aliphatic carbocycles. The minimum absolute atomic E-state index is 0.308. The topological polar surface area (TPSA) is 57.2 Å². The summed E-state index contributed by atoms with van der Waals surface area (Å²) in [6, 6.07) is 9.52. The zero-order valence-electron chi connectivity index (χ0n) is 10.3. The minimum Gasteiger partial charge on any atom is -0.350 e. The fourth-order valence-electron chi connectivity index (χ4n) is 1.75. The number of nitrogens with zero attached hydrogens (tertiary/aromatic N) is 1. The fourth-order valence-corrected chi connectivity index (χ4v) is 2.53. The van der Waals surface area contributed by atoms with Crippen LogP contribution in [-0.4, -0.2) is 17.1 Å². The molecule has 0 fully saturated rings. The van der Waals surface area contributed by atoms with Crippen LogP contribution in [0.1, 0.15) is 16.1 Å². The van der Waals surface area contributed by atoms with Crippen molar-refractivity contribution in [1.29, 1.82) is 0 Å². The van der Waals surface area contributed by atoms with E-state index in [4.69, 9.17) is 0 Å². The first-order valence-electron chi connectivity index (χ1n) is 5.87. The lowest BCUT2D eigenvalue weighted by molar-refractivity contribution is 0.0951. The lowest BCUT2D eigenvalue weighted by atomic mass is 10.2. The number of aromatic nitrogens is 1. The molecule has 1 aromatic carbocycles. The van der Waals surface area contributed by atoms with E-state index in [9.17, 15) is 9.18 Å². The molecule has 2 N–H and O–H groups in total. The molecule has 2 aromatic heterocycles. The molecule has 4 nitrogen and oxygen atoms in total. The average molecular weight is 287 g/mol. The first kappa shape index (κ1) is 12.6. The number of halogens is 1. The lowest BCUT2D eigenvalue weighted by Crippen LogP contribution is -2.17. The van der Waals surface area contributed by atoms with Gasteiger partial charge >= 0.3 is 0 Å². The molecule has 0 aliphatic heterocycles. The van der Waals surface area contributed by atoms with Crippen LogP contribution in [0, 0.1) is 5.82 Å². The maximum absolute atomic E-state index is 12.7. The summed E-state index contributed by atoms with van der Waals surface area (Å²) >= 11 is 1.56. The van der Waals surface area contributed by atoms with Crippen LogP contribution < -0.4 is 5.43 Å². The maximum Gasteiger partial charge on any atom is 0.287 e. The van der Waals surface area contributed by atoms with Crippen LogP contribution >= 0.6 is 11.3 Å². The van der Waals surface area contributed by atoms with Crippen LogP contribution in [0.3, 0.4) is 0 Å². The molecule has 0 saturated heterocycles. The Bertz CT molecular complexity index is 745. The highest BCUT2D eigenvalue weighted by atomic mass is 32.1. The van der Waals surface area contributed by atoms with Gasteiger partial charge in [-0.05, 0) is 35.2 Å². The van der Waals surface area contributed by atoms with Gasteiger partial charge in [-0.15, -0.1) is 11.3 Å². The standard InChI is InChI=1S/C14H10FN3OS/c15-10-3-1-9(2-4-10)8-16-18-14(19)12-7-13-11(17-12)5-6-20-13/h1-8,17H,(H,18,19)/b16-8-. The Morgan fingerprint density at radius 1 is 1.30 bits per heavy atom. The number of amides is 1. The van der Waals surface area contributed by atoms with Crippen molar-refractivity contribution in [3.8, 4) is 0 Å². The number of carbonyl (C=O) groups is 1. The van der Waals surface area contributed by atoms with E-state index in [2.05, 4.69) is 15.5 Å². The number of fused-ring (bicyclic) bond motifs is 1. The molecule has 2 heterocycles. The van der Waals surface area contributed by atoms with Crippen molar-refractivity contribution in [1.82, 2.24) is 10.4 Å². The lowest BCUT2D eigenvalue weighted by Gasteiger charge is -1.96. The molecule has 3 aromatic rings. The van der Waals surface area contributed by atoms with Crippen molar-refractivity contribution in [2.24, 2.45) is 5.10 Å². The molecule has 0 aliphatic rings. The van der Waals surface area contributed by atoms with E-state index in [1.165, 1.54) is 18.3 Å². The van der Waals surface area contributed by atoms with E-state index in [1.54, 1.807) is 29.5 Å². The number of hydrogen-bond donors (Lipinski definition) is 2. The molecular formula is C14H10FN3OS. The van der Waals surface area contributed by atoms with Crippen LogP contribution in [0.5, 0.6) is 0 Å². The summed E-state index contributed by atoms with van der Waals surface area (Å²) in [5.41, 5.74) is 4.52. The van der Waals surface area contributed by atoms with Gasteiger partial charge in [-0.1, -0.05) is 12.1 Å². The number of hydrogen-bond acceptors (Lipinski definition) is 3. The van der Waals surface area contributed by atoms with Gasteiger partial charge in [-0.2, -0.15) is 5.10 Å². The quantitative estimate of drug-likeness (QED) is 0.564. The third kappa shape index (κ3) is 2.60. The second-order valence-electron chi connectivity index (χ2n) is 4.13. The molecule has 3 rings (SSSR count). The number of nitrogens with one attached hydrogen (secondary N) is 2. The van der Waals surface area contributed by atoms with Crippen molar-refractivity contribution < 1.29 is 9.18 Å². The average Bonchev–Trinajstić information content (AvgIpc) is 3.02. The Balaban J connectivity index is 1.67. The van der Waals surface area contributed by atoms with Gasteiger partial charge in [0.15, 0.2) is 0 Å². The van der Waals surface area contributed by atoms with Gasteiger partial charge < -0.3 is 4.98 Å². The molecular weight excluding hydrogens is 277 g/mol. The van der Waals surface area contributed by atoms with Gasteiger partial charge in [0.1, 0.15) is 11.5 Å². The first-order valence-corrected chi connectivity index (χ1v) is 6.75. The smallest absolute Gasteiger partial charge is 0.287 e. The van der Waals surface area contributed by atoms with E-state index in [0.29, 0.717) is 11.3 Å². The number of aromatic amines is 1. The summed E-state index contributed by atoms with van der Waals surface area (Å²) < 4.78 is 13.7. The van der Waals surface area contributed by atoms with Crippen LogP contribution in [0.25, 0.3) is 10.2 Å². The Morgan fingerprint density at radius 2 is 2.10 bits per heavy atom. The second kappa shape index (κ2) is 5.26. The Morgan fingerprint density at radius 3 is 2.85 bits per heavy atom. The third-order valence-electron chi connectivity index (χ3n) is 2.73. The summed E-state index contributed by atoms with van der Waals surface area (Å²) in [6.07, 6.45) is 1.46. The zero-order chi connectivity index (χ0) is 13.9. The van der Waals surface area contributed by atoms with Gasteiger partial charge in [-0.3, -0.25) is 4.79 Å². The Hall–Kier alpha value is -2.47. The van der Waals surface area contributed by atoms with Gasteiger partial charge in [-0.25, -0.2) is 9.82 Å². The molecule has 100 valence electrons. The highest BCUT2D eigenvalue weighted by Gasteiger charge is 2.08. The molecule has 6 heteroatoms. The SMILES string of the molecule is O=C(N/N=C\c1ccc(F)cc1)c1cc2sccc2[nH]1. The van der Waals surface area contributed by atoms with E-state index in [0.717, 1.165) is 10.2 Å². The normalized spacial score (nSPS) is 11.2. The molecule has 0 atom stereocenters. The summed E-state index contributed by atoms with van der Waals surface area (Å²) in [6.45, 7) is 0. The highest BCUT2D eigenvalue weighted by molar-refractivity contribution is 7.17. The van der Waals surface area contributed by atoms with E-state index in [-0.39, 0.29) is 11.7 Å². The molecule has 1 amide bonds. The van der Waals surface area contributed by atoms with E-state index >= 15 is 0 Å². The zero-order valence-corrected chi connectivity index (χ0v) is 11.1. The van der Waals surface area contributed by atoms with Crippen molar-refractivity contribution in [3.05, 3.63) is 58.9 Å². The number of hydrazone groups is 1. The van der Waals surface area contributed by atoms with E-state index in [1.807, 2.05) is 11.4 Å². The minimum atomic E-state index is -0.313. The number of thiophene rings is 1. The summed E-state index contributed by atoms with van der Waals surface area (Å²) in [4.78, 5) is 14.9. The van der Waals surface area contributed by atoms with Crippen LogP contribution in [0.2, 0.25) is 0 Å². The number of rotatable bonds is 3. The fraction of sp³-hybridized carbons (Fsp3) is 0. The molecule has 20 heavy (non-hydrogen) atoms. The summed E-state index contributed by atoms with van der Waals surface area (Å²) in [5.74, 6) is -0.621. The monoisotopic (exact) mass is 287 g/mol. The van der Waals surface area contributed by atoms with Crippen molar-refractivity contribution in [2.45, 2.75) is 0 Å². The number of H-pyrrole nitrogens is 1. The molecule has 0 spiro atoms. The van der Waals surface area contributed by atoms with E-state index < -0.39 is 0 Å². The number of carbonyl (C=O) groups excluding carboxylic acids is 1. The predicted octanol–water partition coefficient (Wildman–Crippen LogP) is 3.13. The number of benzene rings is 1. The highest BCUT2D eigenvalue weighted by Crippen LogP contribution is 2.21. The van der Waals surface area contributed by atoms with Crippen LogP contribution in [0.4, 0.5) is 4.39 Å². The van der Waals surface area contributed by atoms with Gasteiger partial charge in [0.25, 0.3) is 5.91 Å². The molecule has 0 radical (unpaired) electrons. The predicted molar refractivity (Wildman–Crippen MR) is 77.6 cm³/mol. The summed E-state index contributed by atoms with van der Waals surface area (Å²) in [7, 11) is 0. The third-order valence-corrected chi connectivity index (χ3v) is 3.60. The Kier molecular flexibility index (Phi) is 3.30. The molecule has 0 bridgehead atoms.